The lowest BCUT2D eigenvalue weighted by molar-refractivity contribution is 0.129. The molecule has 2 fully saturated rings. The van der Waals surface area contributed by atoms with Crippen LogP contribution in [0.4, 0.5) is 0 Å². The van der Waals surface area contributed by atoms with Gasteiger partial charge in [0.15, 0.2) is 0 Å². The van der Waals surface area contributed by atoms with Crippen molar-refractivity contribution in [1.29, 1.82) is 0 Å². The van der Waals surface area contributed by atoms with Gasteiger partial charge in [-0.25, -0.2) is 0 Å². The van der Waals surface area contributed by atoms with Crippen LogP contribution in [0.25, 0.3) is 0 Å². The first-order valence-corrected chi connectivity index (χ1v) is 5.12. The fourth-order valence-corrected chi connectivity index (χ4v) is 1.58. The van der Waals surface area contributed by atoms with E-state index in [0.29, 0.717) is 0 Å². The first kappa shape index (κ1) is 9.96. The Morgan fingerprint density at radius 1 is 1.00 bits per heavy atom. The van der Waals surface area contributed by atoms with Crippen molar-refractivity contribution in [2.75, 3.05) is 39.3 Å². The summed E-state index contributed by atoms with van der Waals surface area (Å²) in [6.07, 6.45) is 0. The van der Waals surface area contributed by atoms with Crippen molar-refractivity contribution in [1.82, 2.24) is 15.5 Å². The van der Waals surface area contributed by atoms with Crippen molar-refractivity contribution in [2.24, 2.45) is 0 Å². The predicted molar refractivity (Wildman–Crippen MR) is 52.4 cm³/mol. The zero-order valence-electron chi connectivity index (χ0n) is 8.27. The van der Waals surface area contributed by atoms with E-state index in [4.69, 9.17) is 0 Å². The number of nitrogens with zero attached hydrogens (tertiary/aromatic N) is 1. The zero-order chi connectivity index (χ0) is 8.81. The number of hydrogen-bond donors (Lipinski definition) is 2. The third kappa shape index (κ3) is 2.44. The molecule has 3 nitrogen and oxygen atoms in total. The van der Waals surface area contributed by atoms with E-state index in [0.717, 1.165) is 6.04 Å². The fraction of sp³-hybridized carbons (Fsp3) is 1.00. The van der Waals surface area contributed by atoms with Gasteiger partial charge >= 0.3 is 0 Å². The lowest BCUT2D eigenvalue weighted by Crippen LogP contribution is -2.61. The summed E-state index contributed by atoms with van der Waals surface area (Å²) in [6.45, 7) is 11.3. The van der Waals surface area contributed by atoms with Gasteiger partial charge in [-0.2, -0.15) is 0 Å². The Morgan fingerprint density at radius 2 is 1.58 bits per heavy atom. The molecule has 2 saturated heterocycles. The van der Waals surface area contributed by atoms with Gasteiger partial charge in [0.2, 0.25) is 0 Å². The van der Waals surface area contributed by atoms with Gasteiger partial charge in [0.25, 0.3) is 0 Å². The van der Waals surface area contributed by atoms with Crippen molar-refractivity contribution in [2.45, 2.75) is 19.9 Å². The predicted octanol–water partition coefficient (Wildman–Crippen LogP) is -0.110. The number of nitrogens with one attached hydrogen (secondary N) is 2. The summed E-state index contributed by atoms with van der Waals surface area (Å²) in [7, 11) is 0. The van der Waals surface area contributed by atoms with E-state index in [-0.39, 0.29) is 0 Å². The van der Waals surface area contributed by atoms with Gasteiger partial charge in [0.05, 0.1) is 0 Å². The second-order valence-corrected chi connectivity index (χ2v) is 3.10. The molecule has 0 amide bonds. The molecule has 0 bridgehead atoms. The maximum absolute atomic E-state index is 3.36. The Morgan fingerprint density at radius 3 is 2.00 bits per heavy atom. The van der Waals surface area contributed by atoms with Gasteiger partial charge in [0, 0.05) is 45.3 Å². The molecule has 12 heavy (non-hydrogen) atoms. The molecule has 72 valence electrons. The van der Waals surface area contributed by atoms with E-state index in [1.54, 1.807) is 0 Å². The molecule has 0 spiro atoms. The third-order valence-electron chi connectivity index (χ3n) is 2.43. The molecular weight excluding hydrogens is 150 g/mol. The van der Waals surface area contributed by atoms with Crippen LogP contribution >= 0.6 is 0 Å². The fourth-order valence-electron chi connectivity index (χ4n) is 1.58. The van der Waals surface area contributed by atoms with Crippen LogP contribution in [-0.4, -0.2) is 50.2 Å². The molecule has 0 aromatic rings. The van der Waals surface area contributed by atoms with E-state index >= 15 is 0 Å². The second kappa shape index (κ2) is 5.51. The Balaban J connectivity index is 0.000000336. The maximum atomic E-state index is 3.36. The lowest BCUT2D eigenvalue weighted by Gasteiger charge is -2.40. The summed E-state index contributed by atoms with van der Waals surface area (Å²) in [6, 6.07) is 0.849. The Bertz CT molecular complexity index is 106. The van der Waals surface area contributed by atoms with Crippen molar-refractivity contribution in [3.05, 3.63) is 0 Å². The molecule has 0 radical (unpaired) electrons. The number of piperazine rings is 1. The van der Waals surface area contributed by atoms with E-state index in [1.165, 1.54) is 39.3 Å². The highest BCUT2D eigenvalue weighted by Crippen LogP contribution is 2.04. The molecule has 2 heterocycles. The molecule has 2 rings (SSSR count). The van der Waals surface area contributed by atoms with Crippen molar-refractivity contribution < 1.29 is 0 Å². The van der Waals surface area contributed by atoms with Crippen LogP contribution in [0.1, 0.15) is 13.8 Å². The third-order valence-corrected chi connectivity index (χ3v) is 2.43. The molecule has 0 unspecified atom stereocenters. The van der Waals surface area contributed by atoms with Crippen LogP contribution in [0.5, 0.6) is 0 Å². The molecule has 2 aliphatic heterocycles. The van der Waals surface area contributed by atoms with E-state index in [2.05, 4.69) is 15.5 Å². The molecule has 0 aliphatic carbocycles. The van der Waals surface area contributed by atoms with Gasteiger partial charge < -0.3 is 10.6 Å². The molecule has 3 heteroatoms. The summed E-state index contributed by atoms with van der Waals surface area (Å²) in [4.78, 5) is 2.58. The minimum absolute atomic E-state index is 0.849. The van der Waals surface area contributed by atoms with Gasteiger partial charge in [0.1, 0.15) is 0 Å². The van der Waals surface area contributed by atoms with Crippen molar-refractivity contribution >= 4 is 0 Å². The molecule has 0 saturated carbocycles. The van der Waals surface area contributed by atoms with Crippen molar-refractivity contribution in [3.63, 3.8) is 0 Å². The van der Waals surface area contributed by atoms with Crippen LogP contribution < -0.4 is 10.6 Å². The average molecular weight is 171 g/mol. The topological polar surface area (TPSA) is 27.3 Å². The highest BCUT2D eigenvalue weighted by molar-refractivity contribution is 4.86. The standard InChI is InChI=1S/C7H15N3.C2H6/c1-3-10(4-2-8-1)7-5-9-6-7;1-2/h7-9H,1-6H2;1-2H3. The Kier molecular flexibility index (Phi) is 4.58. The van der Waals surface area contributed by atoms with Crippen LogP contribution in [0.15, 0.2) is 0 Å². The molecule has 0 atom stereocenters. The molecular formula is C9H21N3. The number of hydrogen-bond acceptors (Lipinski definition) is 3. The summed E-state index contributed by atoms with van der Waals surface area (Å²) in [5.74, 6) is 0. The minimum atomic E-state index is 0.849. The Hall–Kier alpha value is -0.120. The van der Waals surface area contributed by atoms with Crippen molar-refractivity contribution in [3.8, 4) is 0 Å². The average Bonchev–Trinajstić information content (AvgIpc) is 2.07. The van der Waals surface area contributed by atoms with Crippen LogP contribution in [-0.2, 0) is 0 Å². The van der Waals surface area contributed by atoms with Crippen LogP contribution in [0.2, 0.25) is 0 Å². The lowest BCUT2D eigenvalue weighted by atomic mass is 10.1. The minimum Gasteiger partial charge on any atom is -0.314 e. The molecule has 2 aliphatic rings. The number of rotatable bonds is 1. The van der Waals surface area contributed by atoms with Crippen LogP contribution in [0, 0.1) is 0 Å². The van der Waals surface area contributed by atoms with E-state index in [1.807, 2.05) is 13.8 Å². The SMILES string of the molecule is C1CN(C2CNC2)CCN1.CC. The molecule has 2 N–H and O–H groups in total. The van der Waals surface area contributed by atoms with Gasteiger partial charge in [-0.1, -0.05) is 13.8 Å². The maximum Gasteiger partial charge on any atom is 0.0346 e. The van der Waals surface area contributed by atoms with E-state index in [9.17, 15) is 0 Å². The zero-order valence-corrected chi connectivity index (χ0v) is 8.27. The summed E-state index contributed by atoms with van der Waals surface area (Å²) >= 11 is 0. The van der Waals surface area contributed by atoms with Gasteiger partial charge in [-0.3, -0.25) is 4.90 Å². The van der Waals surface area contributed by atoms with Gasteiger partial charge in [-0.15, -0.1) is 0 Å². The summed E-state index contributed by atoms with van der Waals surface area (Å²) in [5, 5.41) is 6.65. The van der Waals surface area contributed by atoms with Crippen LogP contribution in [0.3, 0.4) is 0 Å². The van der Waals surface area contributed by atoms with Gasteiger partial charge in [-0.05, 0) is 0 Å². The first-order chi connectivity index (χ1) is 5.97. The highest BCUT2D eigenvalue weighted by atomic mass is 15.3. The highest BCUT2D eigenvalue weighted by Gasteiger charge is 2.24. The Labute approximate surface area is 75.5 Å². The smallest absolute Gasteiger partial charge is 0.0346 e. The second-order valence-electron chi connectivity index (χ2n) is 3.10. The quantitative estimate of drug-likeness (QED) is 0.576. The van der Waals surface area contributed by atoms with E-state index < -0.39 is 0 Å². The largest absolute Gasteiger partial charge is 0.314 e. The first-order valence-electron chi connectivity index (χ1n) is 5.12. The molecule has 0 aromatic heterocycles. The monoisotopic (exact) mass is 171 g/mol. The molecule has 0 aromatic carbocycles. The summed E-state index contributed by atoms with van der Waals surface area (Å²) in [5.41, 5.74) is 0. The summed E-state index contributed by atoms with van der Waals surface area (Å²) < 4.78 is 0. The normalized spacial score (nSPS) is 25.5.